The molecule has 0 bridgehead atoms. The first-order valence-corrected chi connectivity index (χ1v) is 8.65. The third-order valence-corrected chi connectivity index (χ3v) is 5.87. The van der Waals surface area contributed by atoms with Crippen LogP contribution in [0.15, 0.2) is 29.2 Å². The van der Waals surface area contributed by atoms with E-state index in [0.717, 1.165) is 0 Å². The summed E-state index contributed by atoms with van der Waals surface area (Å²) >= 11 is 1.54. The molecule has 0 aliphatic heterocycles. The van der Waals surface area contributed by atoms with Gasteiger partial charge in [0.2, 0.25) is 0 Å². The molecular weight excluding hydrogens is 282 g/mol. The molecule has 1 N–H and O–H groups in total. The number of nitrogens with zero attached hydrogens (tertiary/aromatic N) is 1. The van der Waals surface area contributed by atoms with Gasteiger partial charge in [-0.15, -0.1) is 0 Å². The van der Waals surface area contributed by atoms with E-state index in [2.05, 4.69) is 0 Å². The van der Waals surface area contributed by atoms with Crippen LogP contribution in [-0.2, 0) is 9.84 Å². The second kappa shape index (κ2) is 7.53. The van der Waals surface area contributed by atoms with Gasteiger partial charge in [-0.1, -0.05) is 6.92 Å². The molecule has 1 aromatic carbocycles. The van der Waals surface area contributed by atoms with Gasteiger partial charge in [-0.05, 0) is 30.7 Å². The topological polar surface area (TPSA) is 78.2 Å². The summed E-state index contributed by atoms with van der Waals surface area (Å²) in [5.41, 5.74) is 0.449. The van der Waals surface area contributed by atoms with Crippen LogP contribution in [0.3, 0.4) is 0 Å². The van der Waals surface area contributed by atoms with Crippen molar-refractivity contribution >= 4 is 21.6 Å². The first-order chi connectivity index (χ1) is 8.99. The minimum Gasteiger partial charge on any atom is -0.396 e. The van der Waals surface area contributed by atoms with E-state index in [4.69, 9.17) is 10.4 Å². The van der Waals surface area contributed by atoms with Gasteiger partial charge >= 0.3 is 0 Å². The summed E-state index contributed by atoms with van der Waals surface area (Å²) in [4.78, 5) is 0.252. The highest BCUT2D eigenvalue weighted by atomic mass is 32.2. The van der Waals surface area contributed by atoms with Crippen LogP contribution in [-0.4, -0.2) is 36.9 Å². The third kappa shape index (κ3) is 5.23. The van der Waals surface area contributed by atoms with Gasteiger partial charge < -0.3 is 5.11 Å². The van der Waals surface area contributed by atoms with Crippen LogP contribution in [0.1, 0.15) is 18.9 Å². The molecule has 0 fully saturated rings. The predicted octanol–water partition coefficient (Wildman–Crippen LogP) is 1.84. The minimum atomic E-state index is -3.29. The summed E-state index contributed by atoms with van der Waals surface area (Å²) in [7, 11) is -3.29. The van der Waals surface area contributed by atoms with E-state index < -0.39 is 9.84 Å². The molecular formula is C13H17NO3S2. The highest BCUT2D eigenvalue weighted by molar-refractivity contribution is 8.01. The molecule has 0 heterocycles. The second-order valence-corrected chi connectivity index (χ2v) is 7.80. The van der Waals surface area contributed by atoms with Crippen LogP contribution in [0.5, 0.6) is 0 Å². The summed E-state index contributed by atoms with van der Waals surface area (Å²) in [5, 5.41) is 17.7. The zero-order valence-corrected chi connectivity index (χ0v) is 12.4. The molecule has 104 valence electrons. The Balaban J connectivity index is 2.58. The van der Waals surface area contributed by atoms with Crippen molar-refractivity contribution in [1.82, 2.24) is 0 Å². The molecule has 1 atom stereocenters. The van der Waals surface area contributed by atoms with Crippen LogP contribution >= 0.6 is 11.8 Å². The predicted molar refractivity (Wildman–Crippen MR) is 76.8 cm³/mol. The highest BCUT2D eigenvalue weighted by Crippen LogP contribution is 2.17. The maximum atomic E-state index is 12.0. The van der Waals surface area contributed by atoms with Crippen LogP contribution < -0.4 is 0 Å². The van der Waals surface area contributed by atoms with Gasteiger partial charge in [0.05, 0.1) is 22.3 Å². The van der Waals surface area contributed by atoms with Gasteiger partial charge in [-0.2, -0.15) is 17.0 Å². The van der Waals surface area contributed by atoms with Crippen molar-refractivity contribution in [3.05, 3.63) is 29.8 Å². The largest absolute Gasteiger partial charge is 0.396 e. The maximum Gasteiger partial charge on any atom is 0.179 e. The second-order valence-electron chi connectivity index (χ2n) is 4.15. The number of rotatable bonds is 7. The lowest BCUT2D eigenvalue weighted by molar-refractivity contribution is 0.289. The molecule has 0 saturated heterocycles. The molecule has 6 heteroatoms. The summed E-state index contributed by atoms with van der Waals surface area (Å²) in [6.07, 6.45) is 0.668. The number of hydrogen-bond donors (Lipinski definition) is 1. The molecule has 0 amide bonds. The first kappa shape index (κ1) is 16.0. The molecule has 1 rings (SSSR count). The van der Waals surface area contributed by atoms with Gasteiger partial charge in [0, 0.05) is 17.6 Å². The molecule has 4 nitrogen and oxygen atoms in total. The van der Waals surface area contributed by atoms with Gasteiger partial charge in [0.1, 0.15) is 0 Å². The minimum absolute atomic E-state index is 0.0688. The lowest BCUT2D eigenvalue weighted by Crippen LogP contribution is -2.11. The summed E-state index contributed by atoms with van der Waals surface area (Å²) in [5.74, 6) is 0.572. The number of hydrogen-bond acceptors (Lipinski definition) is 5. The number of aliphatic hydroxyl groups is 1. The highest BCUT2D eigenvalue weighted by Gasteiger charge is 2.14. The Morgan fingerprint density at radius 1 is 1.37 bits per heavy atom. The van der Waals surface area contributed by atoms with E-state index in [1.54, 1.807) is 0 Å². The summed E-state index contributed by atoms with van der Waals surface area (Å²) < 4.78 is 24.1. The van der Waals surface area contributed by atoms with Gasteiger partial charge in [0.15, 0.2) is 9.84 Å². The smallest absolute Gasteiger partial charge is 0.179 e. The summed E-state index contributed by atoms with van der Waals surface area (Å²) in [6, 6.07) is 7.91. The number of sulfone groups is 1. The van der Waals surface area contributed by atoms with Gasteiger partial charge in [-0.25, -0.2) is 8.42 Å². The van der Waals surface area contributed by atoms with Crippen LogP contribution in [0.2, 0.25) is 0 Å². The normalized spacial score (nSPS) is 12.9. The Hall–Kier alpha value is -1.03. The number of benzene rings is 1. The molecule has 1 aromatic rings. The molecule has 0 saturated carbocycles. The average Bonchev–Trinajstić information content (AvgIpc) is 2.39. The van der Waals surface area contributed by atoms with E-state index in [9.17, 15) is 8.42 Å². The number of aliphatic hydroxyl groups excluding tert-OH is 1. The Bertz CT molecular complexity index is 532. The monoisotopic (exact) mass is 299 g/mol. The van der Waals surface area contributed by atoms with Gasteiger partial charge in [0.25, 0.3) is 0 Å². The molecule has 0 aliphatic rings. The fraction of sp³-hybridized carbons (Fsp3) is 0.462. The van der Waals surface area contributed by atoms with Gasteiger partial charge in [-0.3, -0.25) is 0 Å². The average molecular weight is 299 g/mol. The first-order valence-electron chi connectivity index (χ1n) is 5.95. The summed E-state index contributed by atoms with van der Waals surface area (Å²) in [6.45, 7) is 2.09. The lowest BCUT2D eigenvalue weighted by atomic mass is 10.2. The lowest BCUT2D eigenvalue weighted by Gasteiger charge is -2.09. The Labute approximate surface area is 118 Å². The van der Waals surface area contributed by atoms with Crippen molar-refractivity contribution < 1.29 is 13.5 Å². The number of nitriles is 1. The quantitative estimate of drug-likeness (QED) is 0.831. The van der Waals surface area contributed by atoms with Crippen molar-refractivity contribution in [2.45, 2.75) is 23.5 Å². The molecule has 0 aliphatic carbocycles. The maximum absolute atomic E-state index is 12.0. The van der Waals surface area contributed by atoms with Crippen molar-refractivity contribution in [2.75, 3.05) is 18.1 Å². The van der Waals surface area contributed by atoms with Crippen molar-refractivity contribution in [1.29, 1.82) is 5.26 Å². The van der Waals surface area contributed by atoms with Crippen molar-refractivity contribution in [3.8, 4) is 6.07 Å². The fourth-order valence-corrected chi connectivity index (χ4v) is 4.20. The third-order valence-electron chi connectivity index (χ3n) is 2.63. The van der Waals surface area contributed by atoms with E-state index in [-0.39, 0.29) is 22.5 Å². The molecule has 1 unspecified atom stereocenters. The van der Waals surface area contributed by atoms with E-state index in [1.807, 2.05) is 13.0 Å². The molecule has 19 heavy (non-hydrogen) atoms. The zero-order valence-electron chi connectivity index (χ0n) is 10.7. The molecule has 0 radical (unpaired) electrons. The van der Waals surface area contributed by atoms with Crippen LogP contribution in [0.25, 0.3) is 0 Å². The zero-order chi connectivity index (χ0) is 14.3. The van der Waals surface area contributed by atoms with Crippen molar-refractivity contribution in [2.24, 2.45) is 0 Å². The standard InChI is InChI=1S/C13H17NO3S2/c1-11(6-7-15)18-8-9-19(16,17)13-4-2-12(10-14)3-5-13/h2-5,11,15H,6-9H2,1H3. The Kier molecular flexibility index (Phi) is 6.35. The van der Waals surface area contributed by atoms with Crippen LogP contribution in [0, 0.1) is 11.3 Å². The Morgan fingerprint density at radius 2 is 2.00 bits per heavy atom. The van der Waals surface area contributed by atoms with Crippen LogP contribution in [0.4, 0.5) is 0 Å². The Morgan fingerprint density at radius 3 is 2.53 bits per heavy atom. The number of thioether (sulfide) groups is 1. The van der Waals surface area contributed by atoms with E-state index in [0.29, 0.717) is 17.7 Å². The van der Waals surface area contributed by atoms with Crippen molar-refractivity contribution in [3.63, 3.8) is 0 Å². The molecule has 0 spiro atoms. The SMILES string of the molecule is CC(CCO)SCCS(=O)(=O)c1ccc(C#N)cc1. The van der Waals surface area contributed by atoms with E-state index in [1.165, 1.54) is 36.0 Å². The van der Waals surface area contributed by atoms with E-state index >= 15 is 0 Å². The molecule has 0 aromatic heterocycles. The fourth-order valence-electron chi connectivity index (χ4n) is 1.48.